The first-order valence-electron chi connectivity index (χ1n) is 8.98. The molecule has 1 aliphatic rings. The minimum absolute atomic E-state index is 0.136. The zero-order chi connectivity index (χ0) is 20.3. The zero-order valence-corrected chi connectivity index (χ0v) is 17.0. The lowest BCUT2D eigenvalue weighted by molar-refractivity contribution is 0.102. The van der Waals surface area contributed by atoms with E-state index < -0.39 is 10.0 Å². The summed E-state index contributed by atoms with van der Waals surface area (Å²) in [6, 6.07) is 15.7. The van der Waals surface area contributed by atoms with Crippen molar-refractivity contribution < 1.29 is 13.2 Å². The second-order valence-corrected chi connectivity index (χ2v) is 9.45. The maximum atomic E-state index is 12.7. The van der Waals surface area contributed by atoms with E-state index in [0.29, 0.717) is 34.9 Å². The number of rotatable bonds is 5. The maximum Gasteiger partial charge on any atom is 0.255 e. The number of pyridine rings is 2. The number of hydrogen-bond acceptors (Lipinski definition) is 6. The first-order chi connectivity index (χ1) is 14.0. The summed E-state index contributed by atoms with van der Waals surface area (Å²) in [6.45, 7) is 0.436. The van der Waals surface area contributed by atoms with Crippen LogP contribution in [0.4, 0.5) is 11.4 Å². The molecule has 0 saturated carbocycles. The lowest BCUT2D eigenvalue weighted by atomic mass is 10.2. The summed E-state index contributed by atoms with van der Waals surface area (Å²) in [5.41, 5.74) is 1.50. The van der Waals surface area contributed by atoms with E-state index in [9.17, 15) is 13.2 Å². The number of anilines is 2. The van der Waals surface area contributed by atoms with Crippen LogP contribution in [-0.2, 0) is 10.0 Å². The fourth-order valence-corrected chi connectivity index (χ4v) is 5.32. The van der Waals surface area contributed by atoms with Crippen LogP contribution in [0.25, 0.3) is 0 Å². The summed E-state index contributed by atoms with van der Waals surface area (Å²) >= 11 is 1.40. The Kier molecular flexibility index (Phi) is 5.50. The number of hydrogen-bond donors (Lipinski definition) is 1. The average Bonchev–Trinajstić information content (AvgIpc) is 3.08. The number of amides is 1. The highest BCUT2D eigenvalue weighted by molar-refractivity contribution is 7.99. The van der Waals surface area contributed by atoms with E-state index in [4.69, 9.17) is 0 Å². The van der Waals surface area contributed by atoms with Crippen molar-refractivity contribution in [1.82, 2.24) is 9.97 Å². The molecule has 0 bridgehead atoms. The Morgan fingerprint density at radius 3 is 2.62 bits per heavy atom. The van der Waals surface area contributed by atoms with E-state index in [0.717, 1.165) is 5.03 Å². The van der Waals surface area contributed by atoms with Gasteiger partial charge in [-0.3, -0.25) is 9.10 Å². The molecule has 3 aromatic rings. The van der Waals surface area contributed by atoms with Crippen LogP contribution in [0.3, 0.4) is 0 Å². The number of nitrogens with one attached hydrogen (secondary N) is 1. The Hall–Kier alpha value is -2.91. The van der Waals surface area contributed by atoms with Gasteiger partial charge >= 0.3 is 0 Å². The van der Waals surface area contributed by atoms with Gasteiger partial charge in [-0.25, -0.2) is 18.4 Å². The third kappa shape index (κ3) is 4.57. The molecule has 1 fully saturated rings. The van der Waals surface area contributed by atoms with Crippen molar-refractivity contribution in [2.24, 2.45) is 0 Å². The number of nitrogens with zero attached hydrogens (tertiary/aromatic N) is 3. The Morgan fingerprint density at radius 1 is 1.00 bits per heavy atom. The third-order valence-electron chi connectivity index (χ3n) is 4.34. The molecule has 1 aliphatic heterocycles. The summed E-state index contributed by atoms with van der Waals surface area (Å²) < 4.78 is 25.6. The van der Waals surface area contributed by atoms with E-state index in [1.165, 1.54) is 16.1 Å². The highest BCUT2D eigenvalue weighted by Crippen LogP contribution is 2.27. The van der Waals surface area contributed by atoms with Crippen LogP contribution >= 0.6 is 11.8 Å². The Morgan fingerprint density at radius 2 is 1.86 bits per heavy atom. The van der Waals surface area contributed by atoms with Crippen LogP contribution in [0.2, 0.25) is 0 Å². The highest BCUT2D eigenvalue weighted by atomic mass is 32.2. The SMILES string of the molecule is O=C(Nc1ccnc(Sc2ccccn2)c1)c1cccc(N2CCCS2(=O)=O)c1. The number of carbonyl (C=O) groups is 1. The Bertz CT molecular complexity index is 1140. The summed E-state index contributed by atoms with van der Waals surface area (Å²) in [7, 11) is -3.29. The van der Waals surface area contributed by atoms with E-state index >= 15 is 0 Å². The molecule has 1 aromatic carbocycles. The lowest BCUT2D eigenvalue weighted by Crippen LogP contribution is -2.25. The first-order valence-corrected chi connectivity index (χ1v) is 11.4. The van der Waals surface area contributed by atoms with Crippen LogP contribution in [0, 0.1) is 0 Å². The molecule has 0 radical (unpaired) electrons. The fourth-order valence-electron chi connectivity index (χ4n) is 2.99. The van der Waals surface area contributed by atoms with Gasteiger partial charge < -0.3 is 5.32 Å². The molecular weight excluding hydrogens is 408 g/mol. The molecule has 0 atom stereocenters. The molecule has 9 heteroatoms. The van der Waals surface area contributed by atoms with Gasteiger partial charge in [0.2, 0.25) is 10.0 Å². The van der Waals surface area contributed by atoms with Crippen molar-refractivity contribution in [2.75, 3.05) is 21.9 Å². The summed E-state index contributed by atoms with van der Waals surface area (Å²) in [6.07, 6.45) is 3.92. The average molecular weight is 427 g/mol. The van der Waals surface area contributed by atoms with Gasteiger partial charge in [0.05, 0.1) is 11.4 Å². The van der Waals surface area contributed by atoms with Gasteiger partial charge in [0.1, 0.15) is 10.1 Å². The molecule has 1 amide bonds. The van der Waals surface area contributed by atoms with Crippen molar-refractivity contribution in [1.29, 1.82) is 0 Å². The van der Waals surface area contributed by atoms with Crippen LogP contribution in [0.1, 0.15) is 16.8 Å². The van der Waals surface area contributed by atoms with E-state index in [2.05, 4.69) is 15.3 Å². The second kappa shape index (κ2) is 8.22. The number of carbonyl (C=O) groups excluding carboxylic acids is 1. The van der Waals surface area contributed by atoms with E-state index in [1.807, 2.05) is 18.2 Å². The second-order valence-electron chi connectivity index (χ2n) is 6.40. The van der Waals surface area contributed by atoms with Crippen molar-refractivity contribution >= 4 is 39.1 Å². The smallest absolute Gasteiger partial charge is 0.255 e. The molecule has 1 saturated heterocycles. The third-order valence-corrected chi connectivity index (χ3v) is 7.09. The first kappa shape index (κ1) is 19.4. The molecule has 0 unspecified atom stereocenters. The summed E-state index contributed by atoms with van der Waals surface area (Å²) in [4.78, 5) is 21.2. The molecule has 1 N–H and O–H groups in total. The standard InChI is InChI=1S/C20H18N4O3S2/c25-20(15-5-3-6-17(13-15)24-11-4-12-29(24,26)27)23-16-8-10-22-19(14-16)28-18-7-1-2-9-21-18/h1-3,5-10,13-14H,4,11-12H2,(H,22,23,25). The van der Waals surface area contributed by atoms with Crippen LogP contribution in [-0.4, -0.2) is 36.6 Å². The van der Waals surface area contributed by atoms with Crippen molar-refractivity contribution in [2.45, 2.75) is 16.5 Å². The number of benzene rings is 1. The monoisotopic (exact) mass is 426 g/mol. The van der Waals surface area contributed by atoms with Crippen LogP contribution in [0.15, 0.2) is 77.0 Å². The highest BCUT2D eigenvalue weighted by Gasteiger charge is 2.28. The van der Waals surface area contributed by atoms with Crippen LogP contribution in [0.5, 0.6) is 0 Å². The summed E-state index contributed by atoms with van der Waals surface area (Å²) in [5, 5.41) is 4.36. The minimum atomic E-state index is -3.29. The van der Waals surface area contributed by atoms with Gasteiger partial charge in [-0.05, 0) is 48.9 Å². The number of aromatic nitrogens is 2. The van der Waals surface area contributed by atoms with E-state index in [-0.39, 0.29) is 11.7 Å². The molecule has 4 rings (SSSR count). The molecular formula is C20H18N4O3S2. The van der Waals surface area contributed by atoms with Gasteiger partial charge in [0.25, 0.3) is 5.91 Å². The normalized spacial score (nSPS) is 15.2. The quantitative estimate of drug-likeness (QED) is 0.672. The number of sulfonamides is 1. The zero-order valence-electron chi connectivity index (χ0n) is 15.4. The Labute approximate surface area is 173 Å². The fraction of sp³-hybridized carbons (Fsp3) is 0.150. The summed E-state index contributed by atoms with van der Waals surface area (Å²) in [5.74, 6) is -0.180. The van der Waals surface area contributed by atoms with Crippen molar-refractivity contribution in [3.05, 3.63) is 72.6 Å². The molecule has 148 valence electrons. The predicted octanol–water partition coefficient (Wildman–Crippen LogP) is 3.42. The van der Waals surface area contributed by atoms with Gasteiger partial charge in [0, 0.05) is 30.2 Å². The van der Waals surface area contributed by atoms with Gasteiger partial charge in [-0.2, -0.15) is 0 Å². The van der Waals surface area contributed by atoms with Gasteiger partial charge in [-0.15, -0.1) is 0 Å². The Balaban J connectivity index is 1.50. The van der Waals surface area contributed by atoms with Crippen molar-refractivity contribution in [3.63, 3.8) is 0 Å². The molecule has 2 aromatic heterocycles. The largest absolute Gasteiger partial charge is 0.322 e. The topological polar surface area (TPSA) is 92.3 Å². The van der Waals surface area contributed by atoms with Gasteiger partial charge in [-0.1, -0.05) is 23.9 Å². The predicted molar refractivity (Wildman–Crippen MR) is 113 cm³/mol. The molecule has 0 aliphatic carbocycles. The van der Waals surface area contributed by atoms with E-state index in [1.54, 1.807) is 48.8 Å². The molecule has 3 heterocycles. The van der Waals surface area contributed by atoms with Crippen molar-refractivity contribution in [3.8, 4) is 0 Å². The lowest BCUT2D eigenvalue weighted by Gasteiger charge is -2.17. The molecule has 0 spiro atoms. The molecule has 29 heavy (non-hydrogen) atoms. The van der Waals surface area contributed by atoms with Crippen LogP contribution < -0.4 is 9.62 Å². The van der Waals surface area contributed by atoms with Gasteiger partial charge in [0.15, 0.2) is 0 Å². The molecule has 7 nitrogen and oxygen atoms in total. The minimum Gasteiger partial charge on any atom is -0.322 e. The maximum absolute atomic E-state index is 12.7.